The number of halogens is 2. The molecule has 2 aromatic rings. The van der Waals surface area contributed by atoms with E-state index in [0.29, 0.717) is 10.0 Å². The molecule has 0 unspecified atom stereocenters. The summed E-state index contributed by atoms with van der Waals surface area (Å²) in [5.74, 6) is -0.447. The van der Waals surface area contributed by atoms with Crippen LogP contribution in [-0.2, 0) is 18.4 Å². The van der Waals surface area contributed by atoms with E-state index in [1.54, 1.807) is 12.1 Å². The number of hydrogen-bond acceptors (Lipinski definition) is 4. The molecule has 25 heavy (non-hydrogen) atoms. The molecular formula is C18H19Cl2O4P. The molecule has 134 valence electrons. The summed E-state index contributed by atoms with van der Waals surface area (Å²) in [6.07, 6.45) is -0.122. The quantitative estimate of drug-likeness (QED) is 0.543. The maximum atomic E-state index is 12.5. The van der Waals surface area contributed by atoms with Gasteiger partial charge in [0.25, 0.3) is 0 Å². The zero-order chi connectivity index (χ0) is 18.4. The van der Waals surface area contributed by atoms with Crippen LogP contribution in [0.5, 0.6) is 0 Å². The van der Waals surface area contributed by atoms with Gasteiger partial charge in [0.1, 0.15) is 11.9 Å². The van der Waals surface area contributed by atoms with E-state index in [9.17, 15) is 9.36 Å². The minimum Gasteiger partial charge on any atom is -0.312 e. The lowest BCUT2D eigenvalue weighted by atomic mass is 9.87. The molecule has 0 aliphatic carbocycles. The number of Topliss-reactive ketones (excluding diaryl/α,β-unsaturated/α-hetero) is 1. The largest absolute Gasteiger partial charge is 0.337 e. The highest BCUT2D eigenvalue weighted by Gasteiger charge is 2.28. The summed E-state index contributed by atoms with van der Waals surface area (Å²) in [4.78, 5) is 12.5. The Morgan fingerprint density at radius 3 is 2.20 bits per heavy atom. The van der Waals surface area contributed by atoms with Crippen LogP contribution in [0.25, 0.3) is 0 Å². The lowest BCUT2D eigenvalue weighted by molar-refractivity contribution is -0.117. The molecule has 0 heterocycles. The molecule has 0 radical (unpaired) electrons. The van der Waals surface area contributed by atoms with Gasteiger partial charge in [-0.15, -0.1) is 0 Å². The number of carbonyl (C=O) groups is 1. The van der Waals surface area contributed by atoms with Gasteiger partial charge in [0.15, 0.2) is 0 Å². The summed E-state index contributed by atoms with van der Waals surface area (Å²) < 4.78 is 21.9. The van der Waals surface area contributed by atoms with Crippen LogP contribution in [0, 0.1) is 0 Å². The fraction of sp³-hybridized carbons (Fsp3) is 0.278. The molecule has 2 aromatic carbocycles. The van der Waals surface area contributed by atoms with E-state index in [-0.39, 0.29) is 24.3 Å². The van der Waals surface area contributed by atoms with Crippen LogP contribution in [0.2, 0.25) is 10.0 Å². The van der Waals surface area contributed by atoms with Gasteiger partial charge in [-0.2, -0.15) is 0 Å². The summed E-state index contributed by atoms with van der Waals surface area (Å²) in [6, 6.07) is 14.9. The van der Waals surface area contributed by atoms with E-state index < -0.39 is 7.60 Å². The van der Waals surface area contributed by atoms with E-state index in [0.717, 1.165) is 11.1 Å². The fourth-order valence-corrected chi connectivity index (χ4v) is 3.83. The molecule has 0 bridgehead atoms. The molecule has 1 atom stereocenters. The highest BCUT2D eigenvalue weighted by molar-refractivity contribution is 7.54. The second-order valence-corrected chi connectivity index (χ2v) is 8.60. The first kappa shape index (κ1) is 20.2. The summed E-state index contributed by atoms with van der Waals surface area (Å²) in [5.41, 5.74) is 1.82. The van der Waals surface area contributed by atoms with Crippen molar-refractivity contribution in [3.8, 4) is 0 Å². The third-order valence-corrected chi connectivity index (χ3v) is 6.50. The van der Waals surface area contributed by atoms with E-state index in [1.807, 2.05) is 36.4 Å². The predicted octanol–water partition coefficient (Wildman–Crippen LogP) is 5.57. The Hall–Kier alpha value is -1.16. The van der Waals surface area contributed by atoms with Crippen molar-refractivity contribution in [3.63, 3.8) is 0 Å². The van der Waals surface area contributed by atoms with Crippen LogP contribution < -0.4 is 0 Å². The average molecular weight is 401 g/mol. The lowest BCUT2D eigenvalue weighted by Gasteiger charge is -2.19. The van der Waals surface area contributed by atoms with Gasteiger partial charge in [-0.25, -0.2) is 0 Å². The van der Waals surface area contributed by atoms with Crippen LogP contribution in [0.4, 0.5) is 0 Å². The third kappa shape index (κ3) is 5.40. The monoisotopic (exact) mass is 400 g/mol. The van der Waals surface area contributed by atoms with Gasteiger partial charge in [-0.1, -0.05) is 59.6 Å². The molecule has 4 nitrogen and oxygen atoms in total. The molecule has 0 N–H and O–H groups in total. The molecule has 7 heteroatoms. The Labute approximate surface area is 157 Å². The Morgan fingerprint density at radius 1 is 1.00 bits per heavy atom. The molecule has 0 saturated heterocycles. The molecule has 2 rings (SSSR count). The van der Waals surface area contributed by atoms with E-state index in [2.05, 4.69) is 0 Å². The van der Waals surface area contributed by atoms with Crippen molar-refractivity contribution in [2.45, 2.75) is 12.3 Å². The Kier molecular flexibility index (Phi) is 7.24. The minimum atomic E-state index is -3.39. The first-order chi connectivity index (χ1) is 11.9. The van der Waals surface area contributed by atoms with Crippen molar-refractivity contribution in [1.29, 1.82) is 0 Å². The summed E-state index contributed by atoms with van der Waals surface area (Å²) in [5, 5.41) is 0.874. The van der Waals surface area contributed by atoms with E-state index in [1.165, 1.54) is 14.2 Å². The van der Waals surface area contributed by atoms with Gasteiger partial charge in [0, 0.05) is 26.6 Å². The first-order valence-corrected chi connectivity index (χ1v) is 10.1. The SMILES string of the molecule is COP(=O)(CC(=O)C[C@@H](c1ccccc1)c1ccc(Cl)c(Cl)c1)OC. The van der Waals surface area contributed by atoms with Crippen molar-refractivity contribution in [3.05, 3.63) is 69.7 Å². The van der Waals surface area contributed by atoms with E-state index >= 15 is 0 Å². The molecule has 0 amide bonds. The van der Waals surface area contributed by atoms with Crippen molar-refractivity contribution in [2.75, 3.05) is 20.4 Å². The molecule has 0 aliphatic rings. The zero-order valence-corrected chi connectivity index (χ0v) is 16.4. The van der Waals surface area contributed by atoms with Crippen LogP contribution in [0.1, 0.15) is 23.5 Å². The highest BCUT2D eigenvalue weighted by Crippen LogP contribution is 2.47. The third-order valence-electron chi connectivity index (χ3n) is 3.91. The van der Waals surface area contributed by atoms with Gasteiger partial charge < -0.3 is 9.05 Å². The maximum Gasteiger partial charge on any atom is 0.337 e. The summed E-state index contributed by atoms with van der Waals surface area (Å²) in [7, 11) is -0.853. The number of hydrogen-bond donors (Lipinski definition) is 0. The zero-order valence-electron chi connectivity index (χ0n) is 13.9. The summed E-state index contributed by atoms with van der Waals surface area (Å²) in [6.45, 7) is 0. The summed E-state index contributed by atoms with van der Waals surface area (Å²) >= 11 is 12.1. The number of carbonyl (C=O) groups excluding carboxylic acids is 1. The van der Waals surface area contributed by atoms with Crippen molar-refractivity contribution >= 4 is 36.6 Å². The molecule has 0 aliphatic heterocycles. The van der Waals surface area contributed by atoms with Crippen molar-refractivity contribution in [2.24, 2.45) is 0 Å². The molecule has 0 aromatic heterocycles. The van der Waals surface area contributed by atoms with Crippen molar-refractivity contribution < 1.29 is 18.4 Å². The lowest BCUT2D eigenvalue weighted by Crippen LogP contribution is -2.13. The fourth-order valence-electron chi connectivity index (χ4n) is 2.55. The normalized spacial score (nSPS) is 12.8. The molecule has 0 saturated carbocycles. The smallest absolute Gasteiger partial charge is 0.312 e. The van der Waals surface area contributed by atoms with Gasteiger partial charge in [0.2, 0.25) is 0 Å². The van der Waals surface area contributed by atoms with Crippen LogP contribution in [-0.4, -0.2) is 26.2 Å². The van der Waals surface area contributed by atoms with Crippen molar-refractivity contribution in [1.82, 2.24) is 0 Å². The Balaban J connectivity index is 2.31. The predicted molar refractivity (Wildman–Crippen MR) is 101 cm³/mol. The topological polar surface area (TPSA) is 52.6 Å². The number of ketones is 1. The standard InChI is InChI=1S/C18H19Cl2O4P/c1-23-25(22,24-2)12-15(21)11-16(13-6-4-3-5-7-13)14-8-9-17(19)18(20)10-14/h3-10,16H,11-12H2,1-2H3/t16-/m0/s1. The molecular weight excluding hydrogens is 382 g/mol. The second kappa shape index (κ2) is 8.98. The highest BCUT2D eigenvalue weighted by atomic mass is 35.5. The minimum absolute atomic E-state index is 0.151. The first-order valence-electron chi connectivity index (χ1n) is 7.60. The van der Waals surface area contributed by atoms with E-state index in [4.69, 9.17) is 32.2 Å². The molecule has 0 fully saturated rings. The van der Waals surface area contributed by atoms with Gasteiger partial charge in [-0.3, -0.25) is 9.36 Å². The van der Waals surface area contributed by atoms with Gasteiger partial charge in [0.05, 0.1) is 10.0 Å². The maximum absolute atomic E-state index is 12.5. The van der Waals surface area contributed by atoms with Crippen LogP contribution >= 0.6 is 30.8 Å². The average Bonchev–Trinajstić information content (AvgIpc) is 2.62. The van der Waals surface area contributed by atoms with Gasteiger partial charge in [-0.05, 0) is 23.3 Å². The Morgan fingerprint density at radius 2 is 1.64 bits per heavy atom. The second-order valence-electron chi connectivity index (χ2n) is 5.51. The number of benzene rings is 2. The van der Waals surface area contributed by atoms with Crippen LogP contribution in [0.15, 0.2) is 48.5 Å². The molecule has 0 spiro atoms. The van der Waals surface area contributed by atoms with Gasteiger partial charge >= 0.3 is 7.60 Å². The van der Waals surface area contributed by atoms with Crippen LogP contribution in [0.3, 0.4) is 0 Å². The Bertz CT molecular complexity index is 772. The number of rotatable bonds is 8.